The molecule has 0 saturated carbocycles. The number of nitriles is 1. The number of nitrogens with zero attached hydrogens (tertiary/aromatic N) is 2. The molecule has 0 bridgehead atoms. The van der Waals surface area contributed by atoms with Gasteiger partial charge in [0.25, 0.3) is 5.69 Å². The zero-order valence-electron chi connectivity index (χ0n) is 10.9. The van der Waals surface area contributed by atoms with Gasteiger partial charge in [-0.2, -0.15) is 5.26 Å². The van der Waals surface area contributed by atoms with Crippen LogP contribution >= 0.6 is 0 Å². The molecular formula is C14H13N3O3. The summed E-state index contributed by atoms with van der Waals surface area (Å²) in [7, 11) is 0. The van der Waals surface area contributed by atoms with Gasteiger partial charge >= 0.3 is 0 Å². The molecule has 2 aromatic rings. The molecule has 0 saturated heterocycles. The first kappa shape index (κ1) is 13.6. The van der Waals surface area contributed by atoms with E-state index in [4.69, 9.17) is 9.68 Å². The predicted octanol–water partition coefficient (Wildman–Crippen LogP) is 3.10. The van der Waals surface area contributed by atoms with Gasteiger partial charge in [-0.15, -0.1) is 0 Å². The van der Waals surface area contributed by atoms with Gasteiger partial charge < -0.3 is 9.73 Å². The van der Waals surface area contributed by atoms with Crippen molar-refractivity contribution in [1.29, 1.82) is 5.26 Å². The first-order chi connectivity index (χ1) is 9.60. The van der Waals surface area contributed by atoms with Gasteiger partial charge in [0.1, 0.15) is 11.4 Å². The van der Waals surface area contributed by atoms with Crippen molar-refractivity contribution in [3.8, 4) is 6.07 Å². The first-order valence-electron chi connectivity index (χ1n) is 6.07. The van der Waals surface area contributed by atoms with E-state index in [-0.39, 0.29) is 11.7 Å². The minimum Gasteiger partial charge on any atom is -0.469 e. The van der Waals surface area contributed by atoms with E-state index in [9.17, 15) is 10.1 Å². The fraction of sp³-hybridized carbons (Fsp3) is 0.214. The third-order valence-corrected chi connectivity index (χ3v) is 2.81. The number of nitro groups is 1. The maximum atomic E-state index is 11.0. The van der Waals surface area contributed by atoms with Crippen molar-refractivity contribution in [3.05, 3.63) is 58.0 Å². The summed E-state index contributed by atoms with van der Waals surface area (Å²) in [5.74, 6) is 0.795. The standard InChI is InChI=1S/C14H13N3O3/c1-10(7-12-3-2-6-20-12)16-13-8-11(9-15)4-5-14(13)17(18)19/h2-6,8,10,16H,7H2,1H3. The van der Waals surface area contributed by atoms with Crippen LogP contribution in [0.2, 0.25) is 0 Å². The van der Waals surface area contributed by atoms with Crippen molar-refractivity contribution < 1.29 is 9.34 Å². The number of hydrogen-bond acceptors (Lipinski definition) is 5. The first-order valence-corrected chi connectivity index (χ1v) is 6.07. The average Bonchev–Trinajstić information content (AvgIpc) is 2.90. The SMILES string of the molecule is CC(Cc1ccco1)Nc1cc(C#N)ccc1[N+](=O)[O-]. The van der Waals surface area contributed by atoms with Crippen molar-refractivity contribution in [1.82, 2.24) is 0 Å². The highest BCUT2D eigenvalue weighted by atomic mass is 16.6. The van der Waals surface area contributed by atoms with Gasteiger partial charge in [-0.1, -0.05) is 0 Å². The summed E-state index contributed by atoms with van der Waals surface area (Å²) < 4.78 is 5.24. The summed E-state index contributed by atoms with van der Waals surface area (Å²) in [6, 6.07) is 9.80. The van der Waals surface area contributed by atoms with Crippen LogP contribution in [0.15, 0.2) is 41.0 Å². The molecule has 2 rings (SSSR count). The van der Waals surface area contributed by atoms with Gasteiger partial charge in [0.05, 0.1) is 22.8 Å². The number of furan rings is 1. The molecule has 6 heteroatoms. The Morgan fingerprint density at radius 1 is 1.50 bits per heavy atom. The van der Waals surface area contributed by atoms with E-state index in [2.05, 4.69) is 5.32 Å². The maximum absolute atomic E-state index is 11.0. The minimum atomic E-state index is -0.469. The van der Waals surface area contributed by atoms with Crippen LogP contribution in [0.1, 0.15) is 18.2 Å². The molecule has 20 heavy (non-hydrogen) atoms. The van der Waals surface area contributed by atoms with E-state index >= 15 is 0 Å². The zero-order valence-corrected chi connectivity index (χ0v) is 10.9. The molecule has 1 heterocycles. The van der Waals surface area contributed by atoms with Crippen LogP contribution in [0.4, 0.5) is 11.4 Å². The second-order valence-electron chi connectivity index (χ2n) is 4.43. The summed E-state index contributed by atoms with van der Waals surface area (Å²) in [6.07, 6.45) is 2.18. The normalized spacial score (nSPS) is 11.6. The van der Waals surface area contributed by atoms with Crippen LogP contribution in [0, 0.1) is 21.4 Å². The lowest BCUT2D eigenvalue weighted by Crippen LogP contribution is -2.18. The summed E-state index contributed by atoms with van der Waals surface area (Å²) in [4.78, 5) is 10.5. The molecular weight excluding hydrogens is 258 g/mol. The number of anilines is 1. The van der Waals surface area contributed by atoms with Crippen molar-refractivity contribution in [2.45, 2.75) is 19.4 Å². The molecule has 0 radical (unpaired) electrons. The Hall–Kier alpha value is -2.81. The van der Waals surface area contributed by atoms with Crippen LogP contribution in [-0.2, 0) is 6.42 Å². The number of benzene rings is 1. The van der Waals surface area contributed by atoms with Gasteiger partial charge in [0.2, 0.25) is 0 Å². The fourth-order valence-electron chi connectivity index (χ4n) is 1.93. The third kappa shape index (κ3) is 3.14. The summed E-state index contributed by atoms with van der Waals surface area (Å²) >= 11 is 0. The van der Waals surface area contributed by atoms with Crippen LogP contribution in [0.25, 0.3) is 0 Å². The molecule has 0 aliphatic carbocycles. The topological polar surface area (TPSA) is 92.1 Å². The van der Waals surface area contributed by atoms with Crippen molar-refractivity contribution in [2.75, 3.05) is 5.32 Å². The zero-order chi connectivity index (χ0) is 14.5. The smallest absolute Gasteiger partial charge is 0.292 e. The van der Waals surface area contributed by atoms with Gasteiger partial charge in [0.15, 0.2) is 0 Å². The highest BCUT2D eigenvalue weighted by molar-refractivity contribution is 5.64. The molecule has 1 aromatic heterocycles. The molecule has 1 aromatic carbocycles. The Morgan fingerprint density at radius 2 is 2.30 bits per heavy atom. The Kier molecular flexibility index (Phi) is 4.01. The lowest BCUT2D eigenvalue weighted by Gasteiger charge is -2.14. The Morgan fingerprint density at radius 3 is 2.90 bits per heavy atom. The molecule has 1 N–H and O–H groups in total. The molecule has 6 nitrogen and oxygen atoms in total. The van der Waals surface area contributed by atoms with Crippen LogP contribution in [-0.4, -0.2) is 11.0 Å². The van der Waals surface area contributed by atoms with E-state index in [0.29, 0.717) is 17.7 Å². The third-order valence-electron chi connectivity index (χ3n) is 2.81. The molecule has 0 spiro atoms. The number of rotatable bonds is 5. The molecule has 0 fully saturated rings. The van der Waals surface area contributed by atoms with E-state index in [0.717, 1.165) is 5.76 Å². The molecule has 1 unspecified atom stereocenters. The molecule has 0 aliphatic rings. The molecule has 102 valence electrons. The van der Waals surface area contributed by atoms with Crippen LogP contribution in [0.3, 0.4) is 0 Å². The van der Waals surface area contributed by atoms with E-state index < -0.39 is 4.92 Å². The van der Waals surface area contributed by atoms with E-state index in [1.54, 1.807) is 12.3 Å². The monoisotopic (exact) mass is 271 g/mol. The average molecular weight is 271 g/mol. The van der Waals surface area contributed by atoms with Crippen molar-refractivity contribution in [2.24, 2.45) is 0 Å². The number of nitro benzene ring substituents is 1. The summed E-state index contributed by atoms with van der Waals surface area (Å²) in [5, 5.41) is 22.9. The minimum absolute atomic E-state index is 0.0460. The lowest BCUT2D eigenvalue weighted by molar-refractivity contribution is -0.384. The second-order valence-corrected chi connectivity index (χ2v) is 4.43. The van der Waals surface area contributed by atoms with Crippen LogP contribution in [0.5, 0.6) is 0 Å². The van der Waals surface area contributed by atoms with Gasteiger partial charge in [0, 0.05) is 18.5 Å². The molecule has 0 aliphatic heterocycles. The second kappa shape index (κ2) is 5.89. The largest absolute Gasteiger partial charge is 0.469 e. The highest BCUT2D eigenvalue weighted by Gasteiger charge is 2.16. The fourth-order valence-corrected chi connectivity index (χ4v) is 1.93. The lowest BCUT2D eigenvalue weighted by atomic mass is 10.1. The van der Waals surface area contributed by atoms with Crippen molar-refractivity contribution in [3.63, 3.8) is 0 Å². The Labute approximate surface area is 115 Å². The van der Waals surface area contributed by atoms with Crippen LogP contribution < -0.4 is 5.32 Å². The molecule has 1 atom stereocenters. The highest BCUT2D eigenvalue weighted by Crippen LogP contribution is 2.26. The van der Waals surface area contributed by atoms with E-state index in [1.165, 1.54) is 18.2 Å². The summed E-state index contributed by atoms with van der Waals surface area (Å²) in [6.45, 7) is 1.89. The van der Waals surface area contributed by atoms with Crippen molar-refractivity contribution >= 4 is 11.4 Å². The van der Waals surface area contributed by atoms with Gasteiger partial charge in [-0.25, -0.2) is 0 Å². The Bertz CT molecular complexity index is 644. The van der Waals surface area contributed by atoms with Gasteiger partial charge in [-0.05, 0) is 31.2 Å². The van der Waals surface area contributed by atoms with Gasteiger partial charge in [-0.3, -0.25) is 10.1 Å². The maximum Gasteiger partial charge on any atom is 0.292 e. The molecule has 0 amide bonds. The van der Waals surface area contributed by atoms with E-state index in [1.807, 2.05) is 19.1 Å². The number of nitrogens with one attached hydrogen (secondary N) is 1. The summed E-state index contributed by atoms with van der Waals surface area (Å²) in [5.41, 5.74) is 0.673. The predicted molar refractivity (Wildman–Crippen MR) is 73.3 cm³/mol. The quantitative estimate of drug-likeness (QED) is 0.666. The number of hydrogen-bond donors (Lipinski definition) is 1. The Balaban J connectivity index is 2.18.